The Kier molecular flexibility index (Phi) is 4.49. The van der Waals surface area contributed by atoms with Gasteiger partial charge in [-0.05, 0) is 11.1 Å². The van der Waals surface area contributed by atoms with Crippen LogP contribution < -0.4 is 5.19 Å². The Morgan fingerprint density at radius 1 is 0.778 bits per heavy atom. The van der Waals surface area contributed by atoms with E-state index in [1.807, 2.05) is 6.07 Å². The third-order valence-corrected chi connectivity index (χ3v) is 9.72. The number of halogens is 2. The molecule has 0 nitrogen and oxygen atoms in total. The first-order valence-electron chi connectivity index (χ1n) is 5.97. The highest BCUT2D eigenvalue weighted by Crippen LogP contribution is 2.18. The van der Waals surface area contributed by atoms with Crippen molar-refractivity contribution in [1.29, 1.82) is 0 Å². The summed E-state index contributed by atoms with van der Waals surface area (Å²) in [5, 5.41) is 1.33. The lowest BCUT2D eigenvalue weighted by atomic mass is 10.1. The van der Waals surface area contributed by atoms with E-state index < -0.39 is 8.07 Å². The van der Waals surface area contributed by atoms with Crippen molar-refractivity contribution in [3.63, 3.8) is 0 Å². The highest BCUT2D eigenvalue weighted by molar-refractivity contribution is 6.98. The van der Waals surface area contributed by atoms with Crippen molar-refractivity contribution in [1.82, 2.24) is 0 Å². The third-order valence-electron chi connectivity index (χ3n) is 3.28. The number of benzene rings is 2. The molecule has 3 heteroatoms. The van der Waals surface area contributed by atoms with Crippen molar-refractivity contribution in [2.45, 2.75) is 6.55 Å². The molecule has 0 N–H and O–H groups in total. The van der Waals surface area contributed by atoms with Gasteiger partial charge in [0.1, 0.15) is 8.07 Å². The maximum atomic E-state index is 6.08. The summed E-state index contributed by atoms with van der Waals surface area (Å²) in [6, 6.07) is 19.1. The topological polar surface area (TPSA) is 0 Å². The molecule has 2 aromatic rings. The lowest BCUT2D eigenvalue weighted by Gasteiger charge is -2.22. The quantitative estimate of drug-likeness (QED) is 0.586. The van der Waals surface area contributed by atoms with Crippen LogP contribution in [-0.2, 0) is 0 Å². The van der Waals surface area contributed by atoms with E-state index in [9.17, 15) is 0 Å². The van der Waals surface area contributed by atoms with Gasteiger partial charge in [0.25, 0.3) is 0 Å². The van der Waals surface area contributed by atoms with E-state index in [1.165, 1.54) is 16.3 Å². The van der Waals surface area contributed by atoms with Crippen molar-refractivity contribution in [2.24, 2.45) is 0 Å². The predicted octanol–water partition coefficient (Wildman–Crippen LogP) is 4.20. The maximum Gasteiger partial charge on any atom is 0.114 e. The molecule has 0 bridgehead atoms. The highest BCUT2D eigenvalue weighted by atomic mass is 35.5. The molecule has 0 atom stereocenters. The van der Waals surface area contributed by atoms with Gasteiger partial charge in [0, 0.05) is 11.0 Å². The highest BCUT2D eigenvalue weighted by Gasteiger charge is 2.27. The van der Waals surface area contributed by atoms with Crippen LogP contribution in [0.5, 0.6) is 0 Å². The fraction of sp³-hybridized carbons (Fsp3) is 0.200. The van der Waals surface area contributed by atoms with Crippen molar-refractivity contribution >= 4 is 36.5 Å². The number of hydrogen-bond acceptors (Lipinski definition) is 0. The molecule has 0 fully saturated rings. The first-order valence-corrected chi connectivity index (χ1v) is 9.96. The normalized spacial score (nSPS) is 11.5. The van der Waals surface area contributed by atoms with E-state index in [-0.39, 0.29) is 0 Å². The van der Waals surface area contributed by atoms with E-state index in [4.69, 9.17) is 23.2 Å². The van der Waals surface area contributed by atoms with E-state index >= 15 is 0 Å². The minimum Gasteiger partial charge on any atom is -0.130 e. The molecule has 0 aliphatic carbocycles. The van der Waals surface area contributed by atoms with Crippen LogP contribution in [0.2, 0.25) is 6.55 Å². The Bertz CT molecular complexity index is 490. The smallest absolute Gasteiger partial charge is 0.114 e. The molecule has 0 radical (unpaired) electrons. The molecule has 2 rings (SSSR count). The van der Waals surface area contributed by atoms with Crippen molar-refractivity contribution in [3.05, 3.63) is 54.6 Å². The zero-order valence-corrected chi connectivity index (χ0v) is 12.9. The maximum absolute atomic E-state index is 6.08. The number of hydrogen-bond donors (Lipinski definition) is 0. The molecule has 0 amide bonds. The standard InChI is InChI=1S/C15H16Cl2Si/c1-18(11-16,12-17)15-9-7-14(8-10-15)13-5-3-2-4-6-13/h2-10H,11-12H2,1H3. The summed E-state index contributed by atoms with van der Waals surface area (Å²) in [5.74, 6) is 0. The van der Waals surface area contributed by atoms with Crippen LogP contribution in [0.15, 0.2) is 54.6 Å². The Morgan fingerprint density at radius 3 is 1.78 bits per heavy atom. The van der Waals surface area contributed by atoms with Crippen LogP contribution in [0, 0.1) is 0 Å². The largest absolute Gasteiger partial charge is 0.130 e. The Morgan fingerprint density at radius 2 is 1.28 bits per heavy atom. The first-order chi connectivity index (χ1) is 8.69. The number of alkyl halides is 2. The lowest BCUT2D eigenvalue weighted by molar-refractivity contribution is 1.60. The molecule has 94 valence electrons. The SMILES string of the molecule is C[Si](CCl)(CCl)c1ccc(-c2ccccc2)cc1. The van der Waals surface area contributed by atoms with Crippen molar-refractivity contribution < 1.29 is 0 Å². The van der Waals surface area contributed by atoms with Crippen molar-refractivity contribution in [3.8, 4) is 11.1 Å². The molecule has 0 aromatic heterocycles. The van der Waals surface area contributed by atoms with E-state index in [0.29, 0.717) is 11.0 Å². The summed E-state index contributed by atoms with van der Waals surface area (Å²) in [4.78, 5) is 0. The molecule has 0 spiro atoms. The van der Waals surface area contributed by atoms with Crippen LogP contribution in [0.25, 0.3) is 11.1 Å². The van der Waals surface area contributed by atoms with Gasteiger partial charge >= 0.3 is 0 Å². The molecule has 0 heterocycles. The van der Waals surface area contributed by atoms with Gasteiger partial charge in [0.15, 0.2) is 0 Å². The van der Waals surface area contributed by atoms with E-state index in [1.54, 1.807) is 0 Å². The Labute approximate surface area is 120 Å². The Hall–Kier alpha value is -0.763. The molecule has 0 saturated heterocycles. The minimum absolute atomic E-state index is 0.668. The number of rotatable bonds is 4. The second kappa shape index (κ2) is 5.92. The average molecular weight is 295 g/mol. The summed E-state index contributed by atoms with van der Waals surface area (Å²) in [5.41, 5.74) is 3.81. The molecule has 0 saturated carbocycles. The van der Waals surface area contributed by atoms with Crippen LogP contribution in [0.1, 0.15) is 0 Å². The van der Waals surface area contributed by atoms with Crippen LogP contribution >= 0.6 is 23.2 Å². The van der Waals surface area contributed by atoms with Gasteiger partial charge in [-0.2, -0.15) is 0 Å². The minimum atomic E-state index is -1.67. The molecule has 2 aromatic carbocycles. The average Bonchev–Trinajstić information content (AvgIpc) is 2.47. The van der Waals surface area contributed by atoms with Crippen LogP contribution in [0.4, 0.5) is 0 Å². The van der Waals surface area contributed by atoms with Crippen LogP contribution in [-0.4, -0.2) is 19.1 Å². The molecule has 0 aliphatic heterocycles. The fourth-order valence-electron chi connectivity index (χ4n) is 1.89. The summed E-state index contributed by atoms with van der Waals surface area (Å²) < 4.78 is 0. The molecular weight excluding hydrogens is 279 g/mol. The molecule has 18 heavy (non-hydrogen) atoms. The van der Waals surface area contributed by atoms with Gasteiger partial charge < -0.3 is 0 Å². The fourth-order valence-corrected chi connectivity index (χ4v) is 5.02. The van der Waals surface area contributed by atoms with Gasteiger partial charge in [-0.15, -0.1) is 23.2 Å². The first kappa shape index (κ1) is 13.7. The van der Waals surface area contributed by atoms with Gasteiger partial charge in [-0.1, -0.05) is 66.3 Å². The summed E-state index contributed by atoms with van der Waals surface area (Å²) >= 11 is 12.2. The summed E-state index contributed by atoms with van der Waals surface area (Å²) in [7, 11) is -1.67. The third kappa shape index (κ3) is 2.80. The van der Waals surface area contributed by atoms with E-state index in [0.717, 1.165) is 0 Å². The molecular formula is C15H16Cl2Si. The lowest BCUT2D eigenvalue weighted by Crippen LogP contribution is -2.49. The Balaban J connectivity index is 2.31. The van der Waals surface area contributed by atoms with Crippen molar-refractivity contribution in [2.75, 3.05) is 11.0 Å². The predicted molar refractivity (Wildman–Crippen MR) is 84.6 cm³/mol. The van der Waals surface area contributed by atoms with Gasteiger partial charge in [0.2, 0.25) is 0 Å². The zero-order chi connectivity index (χ0) is 13.0. The van der Waals surface area contributed by atoms with Gasteiger partial charge in [-0.3, -0.25) is 0 Å². The molecule has 0 unspecified atom stereocenters. The second-order valence-corrected chi connectivity index (χ2v) is 10.6. The summed E-state index contributed by atoms with van der Waals surface area (Å²) in [6.07, 6.45) is 0. The van der Waals surface area contributed by atoms with Gasteiger partial charge in [0.05, 0.1) is 0 Å². The van der Waals surface area contributed by atoms with Crippen LogP contribution in [0.3, 0.4) is 0 Å². The van der Waals surface area contributed by atoms with E-state index in [2.05, 4.69) is 55.1 Å². The second-order valence-electron chi connectivity index (χ2n) is 4.77. The summed E-state index contributed by atoms with van der Waals surface area (Å²) in [6.45, 7) is 2.23. The monoisotopic (exact) mass is 294 g/mol. The molecule has 0 aliphatic rings. The van der Waals surface area contributed by atoms with Gasteiger partial charge in [-0.25, -0.2) is 0 Å². The zero-order valence-electron chi connectivity index (χ0n) is 10.4.